The molecule has 0 amide bonds. The van der Waals surface area contributed by atoms with Crippen molar-refractivity contribution in [2.75, 3.05) is 24.5 Å². The maximum Gasteiger partial charge on any atom is 0.417 e. The van der Waals surface area contributed by atoms with Crippen molar-refractivity contribution in [1.82, 2.24) is 5.32 Å². The Labute approximate surface area is 127 Å². The molecule has 1 aliphatic carbocycles. The van der Waals surface area contributed by atoms with Crippen LogP contribution in [0.2, 0.25) is 5.02 Å². The number of hydrogen-bond acceptors (Lipinski definition) is 2. The summed E-state index contributed by atoms with van der Waals surface area (Å²) < 4.78 is 38.9. The van der Waals surface area contributed by atoms with E-state index in [2.05, 4.69) is 5.32 Å². The van der Waals surface area contributed by atoms with E-state index in [1.165, 1.54) is 25.0 Å². The summed E-state index contributed by atoms with van der Waals surface area (Å²) in [7, 11) is 0. The molecule has 1 heterocycles. The lowest BCUT2D eigenvalue weighted by atomic mass is 9.94. The molecule has 1 aromatic carbocycles. The van der Waals surface area contributed by atoms with Crippen LogP contribution in [-0.4, -0.2) is 25.2 Å². The molecular weight excluding hydrogens is 301 g/mol. The van der Waals surface area contributed by atoms with Crippen molar-refractivity contribution in [1.29, 1.82) is 0 Å². The fourth-order valence-corrected chi connectivity index (χ4v) is 3.72. The molecule has 0 aromatic heterocycles. The Morgan fingerprint density at radius 1 is 1.19 bits per heavy atom. The summed E-state index contributed by atoms with van der Waals surface area (Å²) in [6, 6.07) is 4.21. The molecule has 2 nitrogen and oxygen atoms in total. The summed E-state index contributed by atoms with van der Waals surface area (Å²) in [5, 5.41) is 3.32. The fraction of sp³-hybridized carbons (Fsp3) is 0.600. The number of halogens is 4. The Kier molecular flexibility index (Phi) is 3.82. The van der Waals surface area contributed by atoms with E-state index in [1.807, 2.05) is 4.90 Å². The number of benzene rings is 1. The van der Waals surface area contributed by atoms with Crippen molar-refractivity contribution in [2.24, 2.45) is 0 Å². The maximum absolute atomic E-state index is 13.0. The molecule has 3 rings (SSSR count). The highest BCUT2D eigenvalue weighted by molar-refractivity contribution is 6.31. The van der Waals surface area contributed by atoms with Gasteiger partial charge in [0.25, 0.3) is 0 Å². The zero-order chi connectivity index (χ0) is 15.1. The van der Waals surface area contributed by atoms with Gasteiger partial charge < -0.3 is 10.2 Å². The molecule has 1 saturated carbocycles. The van der Waals surface area contributed by atoms with Gasteiger partial charge in [-0.2, -0.15) is 13.2 Å². The quantitative estimate of drug-likeness (QED) is 0.839. The second-order valence-electron chi connectivity index (χ2n) is 6.00. The first-order chi connectivity index (χ1) is 9.90. The summed E-state index contributed by atoms with van der Waals surface area (Å²) in [6.45, 7) is 2.30. The minimum absolute atomic E-state index is 0.0796. The van der Waals surface area contributed by atoms with E-state index in [1.54, 1.807) is 6.07 Å². The highest BCUT2D eigenvalue weighted by Crippen LogP contribution is 2.38. The van der Waals surface area contributed by atoms with Crippen molar-refractivity contribution in [3.63, 3.8) is 0 Å². The van der Waals surface area contributed by atoms with E-state index in [-0.39, 0.29) is 10.6 Å². The topological polar surface area (TPSA) is 15.3 Å². The summed E-state index contributed by atoms with van der Waals surface area (Å²) in [5.41, 5.74) is -0.0591. The molecule has 1 spiro atoms. The molecule has 2 aliphatic rings. The first-order valence-electron chi connectivity index (χ1n) is 7.26. The number of rotatable bonds is 1. The van der Waals surface area contributed by atoms with Crippen LogP contribution in [0.1, 0.15) is 31.2 Å². The van der Waals surface area contributed by atoms with Gasteiger partial charge in [0, 0.05) is 30.9 Å². The van der Waals surface area contributed by atoms with Gasteiger partial charge in [-0.05, 0) is 31.0 Å². The molecule has 0 radical (unpaired) electrons. The van der Waals surface area contributed by atoms with Crippen molar-refractivity contribution >= 4 is 17.3 Å². The van der Waals surface area contributed by atoms with E-state index in [0.717, 1.165) is 32.5 Å². The van der Waals surface area contributed by atoms with Gasteiger partial charge in [-0.15, -0.1) is 0 Å². The Bertz CT molecular complexity index is 524. The predicted molar refractivity (Wildman–Crippen MR) is 77.9 cm³/mol. The van der Waals surface area contributed by atoms with Crippen molar-refractivity contribution in [2.45, 2.75) is 37.4 Å². The Morgan fingerprint density at radius 2 is 1.90 bits per heavy atom. The molecular formula is C15H18ClF3N2. The summed E-state index contributed by atoms with van der Waals surface area (Å²) in [4.78, 5) is 2.05. The van der Waals surface area contributed by atoms with E-state index in [4.69, 9.17) is 11.6 Å². The standard InChI is InChI=1S/C15H18ClF3N2/c16-13-4-3-11(9-12(13)15(17,18)19)21-8-7-20-14(10-21)5-1-2-6-14/h3-4,9,20H,1-2,5-8,10H2. The second kappa shape index (κ2) is 5.36. The van der Waals surface area contributed by atoms with E-state index < -0.39 is 11.7 Å². The van der Waals surface area contributed by atoms with Crippen LogP contribution in [0.15, 0.2) is 18.2 Å². The molecule has 0 unspecified atom stereocenters. The number of alkyl halides is 3. The maximum atomic E-state index is 13.0. The third-order valence-electron chi connectivity index (χ3n) is 4.56. The molecule has 0 atom stereocenters. The van der Waals surface area contributed by atoms with E-state index in [9.17, 15) is 13.2 Å². The average Bonchev–Trinajstić information content (AvgIpc) is 2.86. The molecule has 116 valence electrons. The van der Waals surface area contributed by atoms with Gasteiger partial charge >= 0.3 is 6.18 Å². The SMILES string of the molecule is FC(F)(F)c1cc(N2CCNC3(CCCC3)C2)ccc1Cl. The van der Waals surface area contributed by atoms with E-state index in [0.29, 0.717) is 5.69 Å². The van der Waals surface area contributed by atoms with Crippen molar-refractivity contribution < 1.29 is 13.2 Å². The zero-order valence-corrected chi connectivity index (χ0v) is 12.4. The van der Waals surface area contributed by atoms with Crippen molar-refractivity contribution in [3.05, 3.63) is 28.8 Å². The highest BCUT2D eigenvalue weighted by Gasteiger charge is 2.39. The number of nitrogens with zero attached hydrogens (tertiary/aromatic N) is 1. The zero-order valence-electron chi connectivity index (χ0n) is 11.6. The smallest absolute Gasteiger partial charge is 0.368 e. The molecule has 1 saturated heterocycles. The largest absolute Gasteiger partial charge is 0.417 e. The molecule has 2 fully saturated rings. The van der Waals surface area contributed by atoms with Gasteiger partial charge in [-0.3, -0.25) is 0 Å². The van der Waals surface area contributed by atoms with Gasteiger partial charge in [-0.25, -0.2) is 0 Å². The molecule has 1 N–H and O–H groups in total. The van der Waals surface area contributed by atoms with Gasteiger partial charge in [0.15, 0.2) is 0 Å². The number of piperazine rings is 1. The van der Waals surface area contributed by atoms with Gasteiger partial charge in [-0.1, -0.05) is 24.4 Å². The van der Waals surface area contributed by atoms with Crippen LogP contribution in [0, 0.1) is 0 Å². The Morgan fingerprint density at radius 3 is 2.57 bits per heavy atom. The van der Waals surface area contributed by atoms with Crippen molar-refractivity contribution in [3.8, 4) is 0 Å². The number of nitrogens with one attached hydrogen (secondary N) is 1. The number of anilines is 1. The Hall–Kier alpha value is -0.940. The van der Waals surface area contributed by atoms with Gasteiger partial charge in [0.1, 0.15) is 0 Å². The number of hydrogen-bond donors (Lipinski definition) is 1. The van der Waals surface area contributed by atoms with Crippen LogP contribution in [0.5, 0.6) is 0 Å². The summed E-state index contributed by atoms with van der Waals surface area (Å²) >= 11 is 5.69. The third kappa shape index (κ3) is 2.99. The lowest BCUT2D eigenvalue weighted by Crippen LogP contribution is -2.59. The van der Waals surface area contributed by atoms with Crippen LogP contribution < -0.4 is 10.2 Å². The minimum atomic E-state index is -4.41. The lowest BCUT2D eigenvalue weighted by molar-refractivity contribution is -0.137. The monoisotopic (exact) mass is 318 g/mol. The fourth-order valence-electron chi connectivity index (χ4n) is 3.49. The van der Waals surface area contributed by atoms with Crippen LogP contribution in [-0.2, 0) is 6.18 Å². The van der Waals surface area contributed by atoms with Crippen LogP contribution in [0.3, 0.4) is 0 Å². The van der Waals surface area contributed by atoms with Gasteiger partial charge in [0.05, 0.1) is 10.6 Å². The minimum Gasteiger partial charge on any atom is -0.368 e. The molecule has 1 aliphatic heterocycles. The summed E-state index contributed by atoms with van der Waals surface area (Å²) in [5.74, 6) is 0. The predicted octanol–water partition coefficient (Wildman–Crippen LogP) is 4.08. The second-order valence-corrected chi connectivity index (χ2v) is 6.40. The molecule has 6 heteroatoms. The average molecular weight is 319 g/mol. The van der Waals surface area contributed by atoms with Crippen LogP contribution >= 0.6 is 11.6 Å². The summed E-state index contributed by atoms with van der Waals surface area (Å²) in [6.07, 6.45) is 0.170. The van der Waals surface area contributed by atoms with E-state index >= 15 is 0 Å². The first-order valence-corrected chi connectivity index (χ1v) is 7.64. The van der Waals surface area contributed by atoms with Crippen LogP contribution in [0.4, 0.5) is 18.9 Å². The van der Waals surface area contributed by atoms with Gasteiger partial charge in [0.2, 0.25) is 0 Å². The molecule has 1 aromatic rings. The highest BCUT2D eigenvalue weighted by atomic mass is 35.5. The molecule has 0 bridgehead atoms. The normalized spacial score (nSPS) is 22.0. The third-order valence-corrected chi connectivity index (χ3v) is 4.89. The van der Waals surface area contributed by atoms with Crippen LogP contribution in [0.25, 0.3) is 0 Å². The Balaban J connectivity index is 1.86. The lowest BCUT2D eigenvalue weighted by Gasteiger charge is -2.42. The first kappa shape index (κ1) is 15.0. The molecule has 21 heavy (non-hydrogen) atoms.